The monoisotopic (exact) mass is 312 g/mol. The van der Waals surface area contributed by atoms with Crippen molar-refractivity contribution in [1.82, 2.24) is 4.90 Å². The number of nitrogens with zero attached hydrogens (tertiary/aromatic N) is 1. The van der Waals surface area contributed by atoms with E-state index in [0.29, 0.717) is 11.7 Å². The first-order valence-corrected chi connectivity index (χ1v) is 8.02. The standard InChI is InChI=1S/C21H32N2/c1-8-12-18(6)19(13-9-2)20(16-15-17(5)11-4)23(7)21(22)14-10-3/h8-12,14,17H,2-4,6,13,15-16,22H2,1,5,7H3/b12-8-,20-19-,21-14+. The van der Waals surface area contributed by atoms with Crippen LogP contribution in [0.25, 0.3) is 0 Å². The van der Waals surface area contributed by atoms with Crippen molar-refractivity contribution in [3.63, 3.8) is 0 Å². The summed E-state index contributed by atoms with van der Waals surface area (Å²) in [7, 11) is 1.98. The second-order valence-corrected chi connectivity index (χ2v) is 5.58. The molecule has 0 aliphatic carbocycles. The van der Waals surface area contributed by atoms with Crippen LogP contribution in [0.1, 0.15) is 33.1 Å². The third-order valence-electron chi connectivity index (χ3n) is 3.77. The molecule has 2 N–H and O–H groups in total. The Kier molecular flexibility index (Phi) is 10.3. The number of nitrogens with two attached hydrogens (primary N) is 1. The molecule has 0 heterocycles. The molecule has 0 spiro atoms. The van der Waals surface area contributed by atoms with Gasteiger partial charge in [-0.1, -0.05) is 50.5 Å². The number of allylic oxidation sites excluding steroid dienone is 9. The Bertz CT molecular complexity index is 518. The zero-order valence-corrected chi connectivity index (χ0v) is 15.0. The second-order valence-electron chi connectivity index (χ2n) is 5.58. The van der Waals surface area contributed by atoms with Crippen LogP contribution < -0.4 is 5.73 Å². The molecule has 1 atom stereocenters. The van der Waals surface area contributed by atoms with E-state index in [-0.39, 0.29) is 0 Å². The third kappa shape index (κ3) is 7.05. The zero-order valence-electron chi connectivity index (χ0n) is 15.0. The lowest BCUT2D eigenvalue weighted by atomic mass is 9.95. The predicted octanol–water partition coefficient (Wildman–Crippen LogP) is 5.47. The van der Waals surface area contributed by atoms with Gasteiger partial charge >= 0.3 is 0 Å². The summed E-state index contributed by atoms with van der Waals surface area (Å²) < 4.78 is 0. The maximum absolute atomic E-state index is 6.16. The SMILES string of the molecule is C=C/C=C(\N)N(C)/C(CCC(C)C=C)=C(/CC=C)C(=C)/C=C\C. The van der Waals surface area contributed by atoms with E-state index in [9.17, 15) is 0 Å². The van der Waals surface area contributed by atoms with Gasteiger partial charge in [-0.25, -0.2) is 0 Å². The van der Waals surface area contributed by atoms with E-state index in [1.807, 2.05) is 43.2 Å². The van der Waals surface area contributed by atoms with Crippen LogP contribution in [0.5, 0.6) is 0 Å². The van der Waals surface area contributed by atoms with Crippen molar-refractivity contribution in [3.05, 3.63) is 85.4 Å². The predicted molar refractivity (Wildman–Crippen MR) is 105 cm³/mol. The van der Waals surface area contributed by atoms with Crippen molar-refractivity contribution in [2.45, 2.75) is 33.1 Å². The van der Waals surface area contributed by atoms with Gasteiger partial charge in [-0.2, -0.15) is 0 Å². The Morgan fingerprint density at radius 2 is 1.91 bits per heavy atom. The Labute approximate surface area is 142 Å². The molecule has 0 saturated carbocycles. The van der Waals surface area contributed by atoms with Crippen LogP contribution in [0.3, 0.4) is 0 Å². The Balaban J connectivity index is 5.90. The van der Waals surface area contributed by atoms with Gasteiger partial charge in [-0.15, -0.1) is 13.2 Å². The molecule has 23 heavy (non-hydrogen) atoms. The minimum Gasteiger partial charge on any atom is -0.385 e. The van der Waals surface area contributed by atoms with E-state index >= 15 is 0 Å². The number of hydrogen-bond donors (Lipinski definition) is 1. The molecule has 0 saturated heterocycles. The summed E-state index contributed by atoms with van der Waals surface area (Å²) in [6, 6.07) is 0. The van der Waals surface area contributed by atoms with Crippen molar-refractivity contribution in [2.75, 3.05) is 7.05 Å². The molecule has 0 aromatic heterocycles. The first-order valence-electron chi connectivity index (χ1n) is 8.02. The highest BCUT2D eigenvalue weighted by Crippen LogP contribution is 2.27. The van der Waals surface area contributed by atoms with E-state index in [1.54, 1.807) is 12.2 Å². The molecule has 1 unspecified atom stereocenters. The van der Waals surface area contributed by atoms with Crippen LogP contribution >= 0.6 is 0 Å². The fourth-order valence-electron chi connectivity index (χ4n) is 2.27. The minimum atomic E-state index is 0.447. The normalized spacial score (nSPS) is 14.1. The van der Waals surface area contributed by atoms with Crippen LogP contribution in [0.2, 0.25) is 0 Å². The topological polar surface area (TPSA) is 29.3 Å². The Hall–Kier alpha value is -2.22. The smallest absolute Gasteiger partial charge is 0.103 e. The number of hydrogen-bond acceptors (Lipinski definition) is 2. The first kappa shape index (κ1) is 20.8. The second kappa shape index (κ2) is 11.4. The van der Waals surface area contributed by atoms with Crippen molar-refractivity contribution in [1.29, 1.82) is 0 Å². The summed E-state index contributed by atoms with van der Waals surface area (Å²) in [5.41, 5.74) is 9.48. The quantitative estimate of drug-likeness (QED) is 0.405. The lowest BCUT2D eigenvalue weighted by Gasteiger charge is -2.27. The average molecular weight is 313 g/mol. The highest BCUT2D eigenvalue weighted by atomic mass is 15.2. The fourth-order valence-corrected chi connectivity index (χ4v) is 2.27. The molecule has 0 aliphatic heterocycles. The highest BCUT2D eigenvalue weighted by Gasteiger charge is 2.15. The summed E-state index contributed by atoms with van der Waals surface area (Å²) in [4.78, 5) is 2.02. The molecule has 0 rings (SSSR count). The fraction of sp³-hybridized carbons (Fsp3) is 0.333. The molecule has 0 aliphatic rings. The van der Waals surface area contributed by atoms with Gasteiger partial charge in [0.2, 0.25) is 0 Å². The van der Waals surface area contributed by atoms with Crippen LogP contribution in [0.4, 0.5) is 0 Å². The molecule has 0 fully saturated rings. The van der Waals surface area contributed by atoms with E-state index < -0.39 is 0 Å². The molecule has 0 radical (unpaired) electrons. The lowest BCUT2D eigenvalue weighted by molar-refractivity contribution is 0.462. The van der Waals surface area contributed by atoms with Gasteiger partial charge in [-0.05, 0) is 49.3 Å². The molecule has 0 bridgehead atoms. The molecular formula is C21H32N2. The van der Waals surface area contributed by atoms with Crippen LogP contribution in [-0.2, 0) is 0 Å². The summed E-state index contributed by atoms with van der Waals surface area (Å²) in [6.45, 7) is 19.8. The van der Waals surface area contributed by atoms with Gasteiger partial charge < -0.3 is 10.6 Å². The molecule has 2 nitrogen and oxygen atoms in total. The van der Waals surface area contributed by atoms with E-state index in [4.69, 9.17) is 5.73 Å². The van der Waals surface area contributed by atoms with Crippen LogP contribution in [0.15, 0.2) is 85.4 Å². The lowest BCUT2D eigenvalue weighted by Crippen LogP contribution is -2.24. The van der Waals surface area contributed by atoms with Gasteiger partial charge in [-0.3, -0.25) is 0 Å². The van der Waals surface area contributed by atoms with Gasteiger partial charge in [0.25, 0.3) is 0 Å². The van der Waals surface area contributed by atoms with Crippen molar-refractivity contribution in [2.24, 2.45) is 11.7 Å². The minimum absolute atomic E-state index is 0.447. The summed E-state index contributed by atoms with van der Waals surface area (Å²) >= 11 is 0. The average Bonchev–Trinajstić information content (AvgIpc) is 2.53. The molecular weight excluding hydrogens is 280 g/mol. The van der Waals surface area contributed by atoms with Crippen molar-refractivity contribution < 1.29 is 0 Å². The first-order chi connectivity index (χ1) is 10.9. The largest absolute Gasteiger partial charge is 0.385 e. The van der Waals surface area contributed by atoms with Crippen LogP contribution in [-0.4, -0.2) is 11.9 Å². The molecule has 2 heteroatoms. The van der Waals surface area contributed by atoms with Gasteiger partial charge in [0.1, 0.15) is 5.82 Å². The highest BCUT2D eigenvalue weighted by molar-refractivity contribution is 5.42. The Morgan fingerprint density at radius 1 is 1.26 bits per heavy atom. The van der Waals surface area contributed by atoms with Crippen LogP contribution in [0, 0.1) is 5.92 Å². The molecule has 0 aromatic rings. The van der Waals surface area contributed by atoms with Crippen molar-refractivity contribution >= 4 is 0 Å². The summed E-state index contributed by atoms with van der Waals surface area (Å²) in [6.07, 6.45) is 14.1. The summed E-state index contributed by atoms with van der Waals surface area (Å²) in [5.74, 6) is 1.11. The van der Waals surface area contributed by atoms with Gasteiger partial charge in [0.15, 0.2) is 0 Å². The maximum Gasteiger partial charge on any atom is 0.103 e. The van der Waals surface area contributed by atoms with Crippen molar-refractivity contribution in [3.8, 4) is 0 Å². The molecule has 126 valence electrons. The van der Waals surface area contributed by atoms with E-state index in [1.165, 1.54) is 0 Å². The Morgan fingerprint density at radius 3 is 2.39 bits per heavy atom. The maximum atomic E-state index is 6.16. The molecule has 0 aromatic carbocycles. The van der Waals surface area contributed by atoms with Gasteiger partial charge in [0.05, 0.1) is 0 Å². The summed E-state index contributed by atoms with van der Waals surface area (Å²) in [5, 5.41) is 0. The van der Waals surface area contributed by atoms with Gasteiger partial charge in [0, 0.05) is 12.7 Å². The van der Waals surface area contributed by atoms with E-state index in [2.05, 4.69) is 33.2 Å². The van der Waals surface area contributed by atoms with E-state index in [0.717, 1.165) is 36.1 Å². The number of rotatable bonds is 11. The zero-order chi connectivity index (χ0) is 17.8. The third-order valence-corrected chi connectivity index (χ3v) is 3.77. The molecule has 0 amide bonds.